The van der Waals surface area contributed by atoms with E-state index in [0.29, 0.717) is 13.2 Å². The molecule has 2 N–H and O–H groups in total. The Balaban J connectivity index is 1.85. The van der Waals surface area contributed by atoms with E-state index in [1.807, 2.05) is 19.2 Å². The van der Waals surface area contributed by atoms with E-state index < -0.39 is 0 Å². The number of benzene rings is 1. The monoisotopic (exact) mass is 384 g/mol. The zero-order valence-corrected chi connectivity index (χ0v) is 17.2. The van der Waals surface area contributed by atoms with E-state index >= 15 is 0 Å². The Labute approximate surface area is 167 Å². The van der Waals surface area contributed by atoms with Crippen LogP contribution in [0.2, 0.25) is 0 Å². The minimum atomic E-state index is 0.0496. The predicted octanol–water partition coefficient (Wildman–Crippen LogP) is 3.09. The molecule has 1 aromatic heterocycles. The number of pyridine rings is 1. The summed E-state index contributed by atoms with van der Waals surface area (Å²) in [6.45, 7) is 9.65. The first kappa shape index (κ1) is 21.5. The van der Waals surface area contributed by atoms with Gasteiger partial charge in [-0.1, -0.05) is 18.2 Å². The lowest BCUT2D eigenvalue weighted by molar-refractivity contribution is 0.336. The van der Waals surface area contributed by atoms with Gasteiger partial charge in [0.1, 0.15) is 5.75 Å². The molecule has 0 aliphatic carbocycles. The molecule has 0 bridgehead atoms. The summed E-state index contributed by atoms with van der Waals surface area (Å²) in [6, 6.07) is 11.5. The van der Waals surface area contributed by atoms with Gasteiger partial charge in [0, 0.05) is 37.5 Å². The quantitative estimate of drug-likeness (QED) is 0.375. The average molecular weight is 385 g/mol. The lowest BCUT2D eigenvalue weighted by atomic mass is 10.1. The van der Waals surface area contributed by atoms with Gasteiger partial charge in [-0.15, -0.1) is 0 Å². The van der Waals surface area contributed by atoms with Crippen LogP contribution in [0.25, 0.3) is 0 Å². The maximum atomic E-state index is 11.7. The van der Waals surface area contributed by atoms with E-state index in [1.54, 1.807) is 16.7 Å². The van der Waals surface area contributed by atoms with Crippen LogP contribution in [-0.2, 0) is 13.1 Å². The number of ether oxygens (including phenoxy) is 1. The highest BCUT2D eigenvalue weighted by Gasteiger charge is 2.04. The topological polar surface area (TPSA) is 67.7 Å². The van der Waals surface area contributed by atoms with Crippen LogP contribution in [0, 0.1) is 6.92 Å². The molecule has 0 aliphatic heterocycles. The fourth-order valence-corrected chi connectivity index (χ4v) is 2.85. The summed E-state index contributed by atoms with van der Waals surface area (Å²) in [5.41, 5.74) is 2.31. The van der Waals surface area contributed by atoms with Crippen molar-refractivity contribution in [2.24, 2.45) is 4.99 Å². The fraction of sp³-hybridized carbons (Fsp3) is 0.455. The average Bonchev–Trinajstić information content (AvgIpc) is 2.68. The van der Waals surface area contributed by atoms with Crippen LogP contribution >= 0.6 is 0 Å². The molecule has 0 radical (unpaired) electrons. The molecule has 0 spiro atoms. The molecule has 6 nitrogen and oxygen atoms in total. The largest absolute Gasteiger partial charge is 0.494 e. The van der Waals surface area contributed by atoms with Crippen LogP contribution < -0.4 is 20.9 Å². The summed E-state index contributed by atoms with van der Waals surface area (Å²) in [6.07, 6.45) is 3.72. The lowest BCUT2D eigenvalue weighted by Gasteiger charge is -2.13. The highest BCUT2D eigenvalue weighted by molar-refractivity contribution is 5.79. The second kappa shape index (κ2) is 11.8. The summed E-state index contributed by atoms with van der Waals surface area (Å²) in [7, 11) is 0. The number of unbranched alkanes of at least 4 members (excludes halogenated alkanes) is 1. The second-order valence-corrected chi connectivity index (χ2v) is 6.61. The van der Waals surface area contributed by atoms with Gasteiger partial charge in [0.2, 0.25) is 5.56 Å². The van der Waals surface area contributed by atoms with Crippen LogP contribution in [0.15, 0.2) is 52.4 Å². The van der Waals surface area contributed by atoms with Gasteiger partial charge in [0.15, 0.2) is 5.96 Å². The van der Waals surface area contributed by atoms with Crippen molar-refractivity contribution in [1.29, 1.82) is 0 Å². The van der Waals surface area contributed by atoms with Gasteiger partial charge in [-0.25, -0.2) is 4.99 Å². The molecule has 0 unspecified atom stereocenters. The molecule has 2 aromatic rings. The summed E-state index contributed by atoms with van der Waals surface area (Å²) >= 11 is 0. The van der Waals surface area contributed by atoms with Crippen molar-refractivity contribution in [3.63, 3.8) is 0 Å². The number of hydrogen-bond acceptors (Lipinski definition) is 3. The number of hydrogen-bond donors (Lipinski definition) is 2. The molecule has 0 saturated heterocycles. The Bertz CT molecular complexity index is 814. The molecule has 152 valence electrons. The Morgan fingerprint density at radius 2 is 2.00 bits per heavy atom. The van der Waals surface area contributed by atoms with Crippen molar-refractivity contribution in [2.45, 2.75) is 46.7 Å². The standard InChI is InChI=1S/C22H32N4O2/c1-4-23-22(24-13-7-9-15-26-14-8-6-10-21(26)27)25-17-19-12-11-18(3)16-20(19)28-5-2/h6,8,10-12,14,16H,4-5,7,9,13,15,17H2,1-3H3,(H2,23,24,25). The number of aryl methyl sites for hydroxylation is 2. The maximum absolute atomic E-state index is 11.7. The molecule has 1 heterocycles. The number of aliphatic imine (C=N–C) groups is 1. The third-order valence-electron chi connectivity index (χ3n) is 4.29. The van der Waals surface area contributed by atoms with Crippen molar-refractivity contribution < 1.29 is 4.74 Å². The Morgan fingerprint density at radius 3 is 2.75 bits per heavy atom. The van der Waals surface area contributed by atoms with Crippen molar-refractivity contribution in [3.05, 3.63) is 64.1 Å². The molecule has 0 fully saturated rings. The minimum absolute atomic E-state index is 0.0496. The minimum Gasteiger partial charge on any atom is -0.494 e. The van der Waals surface area contributed by atoms with Crippen molar-refractivity contribution >= 4 is 5.96 Å². The molecule has 0 saturated carbocycles. The number of aromatic nitrogens is 1. The number of nitrogens with one attached hydrogen (secondary N) is 2. The van der Waals surface area contributed by atoms with Gasteiger partial charge in [-0.3, -0.25) is 4.79 Å². The number of guanidine groups is 1. The number of nitrogens with zero attached hydrogens (tertiary/aromatic N) is 2. The van der Waals surface area contributed by atoms with E-state index in [4.69, 9.17) is 4.74 Å². The van der Waals surface area contributed by atoms with Crippen LogP contribution in [0.3, 0.4) is 0 Å². The zero-order chi connectivity index (χ0) is 20.2. The van der Waals surface area contributed by atoms with Crippen LogP contribution in [0.1, 0.15) is 37.8 Å². The van der Waals surface area contributed by atoms with Crippen molar-refractivity contribution in [3.8, 4) is 5.75 Å². The molecule has 6 heteroatoms. The summed E-state index contributed by atoms with van der Waals surface area (Å²) < 4.78 is 7.48. The number of rotatable bonds is 10. The molecule has 28 heavy (non-hydrogen) atoms. The van der Waals surface area contributed by atoms with Gasteiger partial charge in [-0.2, -0.15) is 0 Å². The second-order valence-electron chi connectivity index (χ2n) is 6.61. The van der Waals surface area contributed by atoms with Crippen molar-refractivity contribution in [2.75, 3.05) is 19.7 Å². The SMILES string of the molecule is CCNC(=NCc1ccc(C)cc1OCC)NCCCCn1ccccc1=O. The van der Waals surface area contributed by atoms with E-state index in [1.165, 1.54) is 5.56 Å². The van der Waals surface area contributed by atoms with E-state index in [2.05, 4.69) is 47.7 Å². The van der Waals surface area contributed by atoms with Crippen molar-refractivity contribution in [1.82, 2.24) is 15.2 Å². The smallest absolute Gasteiger partial charge is 0.250 e. The molecule has 0 aliphatic rings. The van der Waals surface area contributed by atoms with Gasteiger partial charge >= 0.3 is 0 Å². The third-order valence-corrected chi connectivity index (χ3v) is 4.29. The molecular formula is C22H32N4O2. The van der Waals surface area contributed by atoms with E-state index in [0.717, 1.165) is 49.7 Å². The van der Waals surface area contributed by atoms with Gasteiger partial charge in [-0.05, 0) is 51.3 Å². The van der Waals surface area contributed by atoms with Crippen LogP contribution in [-0.4, -0.2) is 30.2 Å². The summed E-state index contributed by atoms with van der Waals surface area (Å²) in [5.74, 6) is 1.69. The van der Waals surface area contributed by atoms with Gasteiger partial charge in [0.25, 0.3) is 0 Å². The Hall–Kier alpha value is -2.76. The molecule has 2 rings (SSSR count). The first-order chi connectivity index (χ1) is 13.6. The molecule has 0 atom stereocenters. The lowest BCUT2D eigenvalue weighted by Crippen LogP contribution is -2.37. The van der Waals surface area contributed by atoms with Crippen LogP contribution in [0.5, 0.6) is 5.75 Å². The zero-order valence-electron chi connectivity index (χ0n) is 17.2. The summed E-state index contributed by atoms with van der Waals surface area (Å²) in [5, 5.41) is 6.64. The highest BCUT2D eigenvalue weighted by atomic mass is 16.5. The molecule has 1 aromatic carbocycles. The first-order valence-electron chi connectivity index (χ1n) is 10.0. The third kappa shape index (κ3) is 7.10. The van der Waals surface area contributed by atoms with Gasteiger partial charge < -0.3 is 19.9 Å². The Morgan fingerprint density at radius 1 is 1.14 bits per heavy atom. The fourth-order valence-electron chi connectivity index (χ4n) is 2.85. The Kier molecular flexibility index (Phi) is 9.11. The van der Waals surface area contributed by atoms with Crippen LogP contribution in [0.4, 0.5) is 0 Å². The summed E-state index contributed by atoms with van der Waals surface area (Å²) in [4.78, 5) is 16.4. The maximum Gasteiger partial charge on any atom is 0.250 e. The normalized spacial score (nSPS) is 11.3. The molecule has 0 amide bonds. The first-order valence-corrected chi connectivity index (χ1v) is 10.0. The molecular weight excluding hydrogens is 352 g/mol. The van der Waals surface area contributed by atoms with E-state index in [-0.39, 0.29) is 5.56 Å². The highest BCUT2D eigenvalue weighted by Crippen LogP contribution is 2.21. The van der Waals surface area contributed by atoms with E-state index in [9.17, 15) is 4.79 Å². The predicted molar refractivity (Wildman–Crippen MR) is 115 cm³/mol. The van der Waals surface area contributed by atoms with Gasteiger partial charge in [0.05, 0.1) is 13.2 Å².